The third-order valence-corrected chi connectivity index (χ3v) is 25.6. The molecule has 53 heteroatoms. The van der Waals surface area contributed by atoms with Crippen molar-refractivity contribution in [3.8, 4) is 11.5 Å². The minimum absolute atomic E-state index is 0.00436. The number of phenols is 2. The highest BCUT2D eigenvalue weighted by atomic mass is 33.1. The summed E-state index contributed by atoms with van der Waals surface area (Å²) in [6.07, 6.45) is -1.32. The van der Waals surface area contributed by atoms with Crippen molar-refractivity contribution < 1.29 is 86.9 Å². The van der Waals surface area contributed by atoms with Gasteiger partial charge in [0.2, 0.25) is 82.7 Å². The predicted molar refractivity (Wildman–Crippen MR) is 537 cm³/mol. The summed E-state index contributed by atoms with van der Waals surface area (Å²) in [6.45, 7) is -0.106. The molecule has 14 atom stereocenters. The molecule has 2 saturated heterocycles. The van der Waals surface area contributed by atoms with Gasteiger partial charge in [0.25, 0.3) is 0 Å². The van der Waals surface area contributed by atoms with E-state index in [0.29, 0.717) is 29.4 Å². The Balaban J connectivity index is 1.61. The highest BCUT2D eigenvalue weighted by Crippen LogP contribution is 2.27. The standard InChI is InChI=1S/C90H141N33O18S2/c91-35-5-3-17-59-75(130)117-64(18-4-6-36-92)84(139)123-43-13-24-70(123)83(138)120-66(46-51-28-33-56(125)34-29-51)79(134)116-61(21-10-40-108-88(101)102)74(129)114-63(23-12-42-110-90(104)141)77(132)121-68(81(136)111-58(71(94)126)19-8-38-106-86(97)98)48-142-143-49-69(82(137)119-65(45-50-26-31-55(124)32-27-50)78(133)115-62(73(128)113-59)22-11-41-109-89(103)140)122-80(135)67(47-52-25-30-53-14-1-2-15-54(53)44-52)118-76(131)60(20-9-39-107-87(99)100)112-72(127)57(93)16-7-37-105-85(95)96/h1-2,14-15,25-34,44,57-70,124-125H,3-13,16-24,35-43,45-49,91-93H2,(H2,94,126)(H,111,136)(H,112,127)(H,113,128)(H,114,129)(H,115,133)(H,116,134)(H,117,130)(H,118,131)(H,119,137)(H,120,138)(H,121,132)(H,122,135)(H4,95,96,105)(H4,97,98,106)(H4,99,100,107)(H4,101,102,108)(H3,103,109,140)(H3,104,110,141)/t57-,58-,59-,60-,61?,62?,63-,64?,65-,66-,67-,68?,69-,70-/m0/s1. The van der Waals surface area contributed by atoms with E-state index < -0.39 is 215 Å². The van der Waals surface area contributed by atoms with Gasteiger partial charge in [0.15, 0.2) is 23.8 Å². The van der Waals surface area contributed by atoms with Crippen LogP contribution >= 0.6 is 21.6 Å². The Morgan fingerprint density at radius 3 is 1.28 bits per heavy atom. The number of nitrogens with one attached hydrogen (secondary N) is 22. The number of phenolic OH excluding ortho intramolecular Hbond substituents is 2. The first-order chi connectivity index (χ1) is 68.2. The number of fused-ring (bicyclic) bond motifs is 2. The molecule has 2 heterocycles. The van der Waals surface area contributed by atoms with Crippen LogP contribution in [0.15, 0.2) is 91.0 Å². The number of carbonyl (C=O) groups is 16. The number of hydrogen-bond acceptors (Lipinski definition) is 27. The molecule has 4 aromatic carbocycles. The number of carbonyl (C=O) groups excluding carboxylic acids is 16. The number of benzene rings is 4. The van der Waals surface area contributed by atoms with Gasteiger partial charge >= 0.3 is 12.1 Å². The van der Waals surface area contributed by atoms with Crippen LogP contribution in [0, 0.1) is 21.6 Å². The lowest BCUT2D eigenvalue weighted by molar-refractivity contribution is -0.142. The number of nitrogens with two attached hydrogens (primary N) is 10. The smallest absolute Gasteiger partial charge is 0.312 e. The quantitative estimate of drug-likeness (QED) is 0.00846. The first-order valence-electron chi connectivity index (χ1n) is 47.3. The van der Waals surface area contributed by atoms with Crippen LogP contribution in [0.25, 0.3) is 10.8 Å². The maximum absolute atomic E-state index is 16.0. The summed E-state index contributed by atoms with van der Waals surface area (Å²) < 4.78 is 0. The largest absolute Gasteiger partial charge is 0.508 e. The molecule has 2 aliphatic heterocycles. The van der Waals surface area contributed by atoms with Crippen LogP contribution in [0.1, 0.15) is 145 Å². The summed E-state index contributed by atoms with van der Waals surface area (Å²) in [4.78, 5) is 238. The number of aromatic hydroxyl groups is 2. The van der Waals surface area contributed by atoms with E-state index in [1.54, 1.807) is 36.4 Å². The Morgan fingerprint density at radius 1 is 0.406 bits per heavy atom. The summed E-state index contributed by atoms with van der Waals surface area (Å²) in [6, 6.07) is -1.20. The molecular formula is C90H141N33O18S2. The maximum atomic E-state index is 16.0. The summed E-state index contributed by atoms with van der Waals surface area (Å²) in [5.41, 5.74) is 58.5. The lowest BCUT2D eigenvalue weighted by atomic mass is 10.00. The van der Waals surface area contributed by atoms with Gasteiger partial charge in [-0.3, -0.25) is 88.8 Å². The van der Waals surface area contributed by atoms with Gasteiger partial charge in [-0.15, -0.1) is 0 Å². The summed E-state index contributed by atoms with van der Waals surface area (Å²) in [5, 5.41) is 101. The molecule has 44 N–H and O–H groups in total. The second kappa shape index (κ2) is 62.6. The molecular weight excluding hydrogens is 1900 g/mol. The average molecular weight is 2040 g/mol. The number of urea groups is 2. The Kier molecular flexibility index (Phi) is 51.4. The SMILES string of the molecule is N=C(N)NCCCC1NC(=O)[C@H](Cc2ccc(O)cc2)NC(=O)[C@@H]2CCCN2C(=O)C(CCCCN)NC(=O)[C@H](CCCCN)NC(=O)C(CCCNC(N)=O)NC(=O)[C@H](Cc2ccc(O)cc2)NC(=O)[C@@H](NC(=O)[C@H](Cc2ccc3ccccc3c2)NC(=O)[C@H](CCCNC(=N)N)NC(=O)[C@@H](N)CCCNC(=N)N)CSSCC(C(=O)N[C@@H](CCCNC(=N)N)C(N)=O)NC(=O)[C@H](CCCNC(N)=O)NC1=O. The maximum Gasteiger partial charge on any atom is 0.312 e. The van der Waals surface area contributed by atoms with Crippen molar-refractivity contribution in [3.63, 3.8) is 0 Å². The van der Waals surface area contributed by atoms with Crippen LogP contribution in [-0.2, 0) is 86.4 Å². The number of guanidine groups is 4. The molecule has 143 heavy (non-hydrogen) atoms. The molecule has 0 aromatic heterocycles. The topological polar surface area (TPSA) is 889 Å². The van der Waals surface area contributed by atoms with Crippen LogP contribution in [0.2, 0.25) is 0 Å². The Labute approximate surface area is 835 Å². The van der Waals surface area contributed by atoms with Gasteiger partial charge in [-0.05, 0) is 193 Å². The van der Waals surface area contributed by atoms with E-state index in [2.05, 4.69) is 95.7 Å². The van der Waals surface area contributed by atoms with E-state index in [-0.39, 0.29) is 210 Å². The molecule has 18 amide bonds. The van der Waals surface area contributed by atoms with Crippen molar-refractivity contribution in [2.45, 2.75) is 232 Å². The van der Waals surface area contributed by atoms with E-state index in [1.807, 2.05) is 6.07 Å². The van der Waals surface area contributed by atoms with Gasteiger partial charge in [0.05, 0.1) is 6.04 Å². The van der Waals surface area contributed by atoms with E-state index in [1.165, 1.54) is 53.4 Å². The molecule has 2 aliphatic rings. The number of amides is 18. The molecule has 0 radical (unpaired) electrons. The average Bonchev–Trinajstić information content (AvgIpc) is 1.06. The predicted octanol–water partition coefficient (Wildman–Crippen LogP) is -6.50. The molecule has 51 nitrogen and oxygen atoms in total. The van der Waals surface area contributed by atoms with E-state index in [0.717, 1.165) is 27.0 Å². The molecule has 4 aromatic rings. The lowest BCUT2D eigenvalue weighted by Crippen LogP contribution is -2.61. The molecule has 0 spiro atoms. The number of unbranched alkanes of at least 4 members (excludes halogenated alkanes) is 2. The van der Waals surface area contributed by atoms with Crippen molar-refractivity contribution in [1.29, 1.82) is 21.6 Å². The molecule has 4 unspecified atom stereocenters. The summed E-state index contributed by atoms with van der Waals surface area (Å²) >= 11 is 0. The fourth-order valence-corrected chi connectivity index (χ4v) is 17.8. The van der Waals surface area contributed by atoms with Crippen LogP contribution in [-0.4, -0.2) is 289 Å². The van der Waals surface area contributed by atoms with E-state index in [4.69, 9.17) is 79.0 Å². The monoisotopic (exact) mass is 2040 g/mol. The number of primary amides is 3. The fraction of sp³-hybridized carbons (Fsp3) is 0.533. The highest BCUT2D eigenvalue weighted by molar-refractivity contribution is 8.76. The van der Waals surface area contributed by atoms with E-state index >= 15 is 57.5 Å². The zero-order valence-corrected chi connectivity index (χ0v) is 81.4. The van der Waals surface area contributed by atoms with Gasteiger partial charge in [-0.2, -0.15) is 0 Å². The number of rotatable bonds is 47. The molecule has 786 valence electrons. The van der Waals surface area contributed by atoms with Crippen LogP contribution in [0.5, 0.6) is 11.5 Å². The second-order valence-corrected chi connectivity index (χ2v) is 37.0. The van der Waals surface area contributed by atoms with Gasteiger partial charge in [-0.25, -0.2) is 9.59 Å². The van der Waals surface area contributed by atoms with Crippen molar-refractivity contribution in [1.82, 2.24) is 101 Å². The second-order valence-electron chi connectivity index (χ2n) is 34.5. The third kappa shape index (κ3) is 43.7. The Bertz CT molecular complexity index is 4980. The first kappa shape index (κ1) is 117. The lowest BCUT2D eigenvalue weighted by Gasteiger charge is -2.31. The first-order valence-corrected chi connectivity index (χ1v) is 49.8. The minimum atomic E-state index is -1.90. The van der Waals surface area contributed by atoms with Crippen LogP contribution in [0.3, 0.4) is 0 Å². The molecule has 2 fully saturated rings. The van der Waals surface area contributed by atoms with Crippen LogP contribution in [0.4, 0.5) is 9.59 Å². The Morgan fingerprint density at radius 2 is 0.804 bits per heavy atom. The van der Waals surface area contributed by atoms with Crippen molar-refractivity contribution in [2.75, 3.05) is 70.4 Å². The highest BCUT2D eigenvalue weighted by Gasteiger charge is 2.43. The Hall–Kier alpha value is -14.5. The van der Waals surface area contributed by atoms with Crippen molar-refractivity contribution in [3.05, 3.63) is 108 Å². The van der Waals surface area contributed by atoms with Gasteiger partial charge < -0.3 is 168 Å². The normalized spacial score (nSPS) is 20.2. The third-order valence-electron chi connectivity index (χ3n) is 23.1. The zero-order chi connectivity index (χ0) is 105. The minimum Gasteiger partial charge on any atom is -0.508 e. The van der Waals surface area contributed by atoms with Gasteiger partial charge in [0.1, 0.15) is 90.0 Å². The molecule has 6 rings (SSSR count). The van der Waals surface area contributed by atoms with Gasteiger partial charge in [-0.1, -0.05) is 88.3 Å². The zero-order valence-electron chi connectivity index (χ0n) is 79.7. The van der Waals surface area contributed by atoms with E-state index in [9.17, 15) is 29.4 Å². The molecule has 0 bridgehead atoms. The molecule has 0 aliphatic carbocycles. The van der Waals surface area contributed by atoms with Crippen LogP contribution < -0.4 is 153 Å². The fourth-order valence-electron chi connectivity index (χ4n) is 15.5. The van der Waals surface area contributed by atoms with Crippen molar-refractivity contribution in [2.24, 2.45) is 57.3 Å². The molecule has 0 saturated carbocycles. The summed E-state index contributed by atoms with van der Waals surface area (Å²) in [5.74, 6) is -17.3. The summed E-state index contributed by atoms with van der Waals surface area (Å²) in [7, 11) is 1.51. The van der Waals surface area contributed by atoms with Gasteiger partial charge in [0, 0.05) is 76.6 Å². The number of nitrogens with zero attached hydrogens (tertiary/aromatic N) is 1. The number of hydrogen-bond donors (Lipinski definition) is 34. The van der Waals surface area contributed by atoms with Crippen molar-refractivity contribution >= 4 is 151 Å².